The molecule has 0 saturated heterocycles. The Morgan fingerprint density at radius 3 is 3.00 bits per heavy atom. The maximum Gasteiger partial charge on any atom is 0.158 e. The van der Waals surface area contributed by atoms with E-state index in [0.717, 1.165) is 17.0 Å². The van der Waals surface area contributed by atoms with Crippen molar-refractivity contribution >= 4 is 17.0 Å². The molecule has 5 heteroatoms. The summed E-state index contributed by atoms with van der Waals surface area (Å²) >= 11 is 0. The lowest BCUT2D eigenvalue weighted by molar-refractivity contribution is 0.938. The predicted molar refractivity (Wildman–Crippen MR) is 72.2 cm³/mol. The van der Waals surface area contributed by atoms with Gasteiger partial charge in [0.2, 0.25) is 0 Å². The summed E-state index contributed by atoms with van der Waals surface area (Å²) in [6.45, 7) is 0. The van der Waals surface area contributed by atoms with Crippen LogP contribution in [0.2, 0.25) is 0 Å². The molecule has 0 unspecified atom stereocenters. The third kappa shape index (κ3) is 1.89. The summed E-state index contributed by atoms with van der Waals surface area (Å²) in [6, 6.07) is 11.5. The van der Waals surface area contributed by atoms with Gasteiger partial charge in [-0.05, 0) is 24.3 Å². The minimum atomic E-state index is 0.629. The second-order valence-corrected chi connectivity index (χ2v) is 4.13. The number of fused-ring (bicyclic) bond motifs is 1. The molecular weight excluding hydrogens is 238 g/mol. The van der Waals surface area contributed by atoms with Gasteiger partial charge in [-0.3, -0.25) is 0 Å². The molecule has 0 aliphatic carbocycles. The van der Waals surface area contributed by atoms with Gasteiger partial charge in [-0.2, -0.15) is 10.4 Å². The Labute approximate surface area is 110 Å². The van der Waals surface area contributed by atoms with Gasteiger partial charge in [0.05, 0.1) is 17.8 Å². The Morgan fingerprint density at radius 2 is 2.16 bits per heavy atom. The van der Waals surface area contributed by atoms with E-state index in [4.69, 9.17) is 5.26 Å². The summed E-state index contributed by atoms with van der Waals surface area (Å²) in [4.78, 5) is 6.34. The van der Waals surface area contributed by atoms with Crippen molar-refractivity contribution in [1.82, 2.24) is 14.6 Å². The molecule has 92 valence electrons. The fourth-order valence-electron chi connectivity index (χ4n) is 2.01. The van der Waals surface area contributed by atoms with Gasteiger partial charge in [0.1, 0.15) is 5.52 Å². The Balaban J connectivity index is 2.10. The van der Waals surface area contributed by atoms with Gasteiger partial charge in [-0.25, -0.2) is 9.50 Å². The van der Waals surface area contributed by atoms with E-state index in [-0.39, 0.29) is 0 Å². The van der Waals surface area contributed by atoms with E-state index in [1.54, 1.807) is 29.2 Å². The molecule has 2 aromatic heterocycles. The molecule has 0 bridgehead atoms. The minimum Gasteiger partial charge on any atom is -0.328 e. The highest BCUT2D eigenvalue weighted by atomic mass is 15.3. The Morgan fingerprint density at radius 1 is 1.26 bits per heavy atom. The fraction of sp³-hybridized carbons (Fsp3) is 0.0714. The molecule has 3 rings (SSSR count). The average molecular weight is 249 g/mol. The van der Waals surface area contributed by atoms with Crippen molar-refractivity contribution in [3.05, 3.63) is 54.5 Å². The largest absolute Gasteiger partial charge is 0.328 e. The number of rotatable bonds is 2. The zero-order valence-electron chi connectivity index (χ0n) is 10.4. The fourth-order valence-corrected chi connectivity index (χ4v) is 2.01. The molecule has 0 radical (unpaired) electrons. The van der Waals surface area contributed by atoms with E-state index in [9.17, 15) is 0 Å². The number of nitrogens with zero attached hydrogens (tertiary/aromatic N) is 5. The van der Waals surface area contributed by atoms with Gasteiger partial charge in [0.25, 0.3) is 0 Å². The smallest absolute Gasteiger partial charge is 0.158 e. The van der Waals surface area contributed by atoms with Crippen molar-refractivity contribution in [2.75, 3.05) is 11.9 Å². The molecule has 5 nitrogen and oxygen atoms in total. The van der Waals surface area contributed by atoms with Crippen LogP contribution in [-0.2, 0) is 0 Å². The standard InChI is InChI=1S/C14H11N5/c1-18(12-4-2-3-11(9-12)10-15)14-13-5-6-17-19(13)8-7-16-14/h2-9H,1H3. The quantitative estimate of drug-likeness (QED) is 0.699. The van der Waals surface area contributed by atoms with Crippen molar-refractivity contribution in [1.29, 1.82) is 5.26 Å². The maximum absolute atomic E-state index is 8.95. The lowest BCUT2D eigenvalue weighted by Crippen LogP contribution is -2.12. The van der Waals surface area contributed by atoms with Crippen LogP contribution in [0.25, 0.3) is 5.52 Å². The molecule has 0 spiro atoms. The topological polar surface area (TPSA) is 57.2 Å². The van der Waals surface area contributed by atoms with Crippen LogP contribution >= 0.6 is 0 Å². The molecule has 0 aliphatic rings. The van der Waals surface area contributed by atoms with E-state index in [1.807, 2.05) is 36.2 Å². The van der Waals surface area contributed by atoms with Crippen LogP contribution in [0.4, 0.5) is 11.5 Å². The molecule has 0 saturated carbocycles. The first-order valence-corrected chi connectivity index (χ1v) is 5.82. The molecule has 1 aromatic carbocycles. The van der Waals surface area contributed by atoms with Crippen molar-refractivity contribution in [3.63, 3.8) is 0 Å². The summed E-state index contributed by atoms with van der Waals surface area (Å²) in [5.41, 5.74) is 2.47. The number of hydrogen-bond donors (Lipinski definition) is 0. The lowest BCUT2D eigenvalue weighted by atomic mass is 10.2. The average Bonchev–Trinajstić information content (AvgIpc) is 2.95. The molecule has 19 heavy (non-hydrogen) atoms. The van der Waals surface area contributed by atoms with Crippen molar-refractivity contribution in [2.45, 2.75) is 0 Å². The van der Waals surface area contributed by atoms with Crippen LogP contribution in [0.3, 0.4) is 0 Å². The summed E-state index contributed by atoms with van der Waals surface area (Å²) < 4.78 is 1.77. The molecule has 3 aromatic rings. The van der Waals surface area contributed by atoms with Crippen LogP contribution in [0.5, 0.6) is 0 Å². The third-order valence-electron chi connectivity index (χ3n) is 2.98. The first kappa shape index (κ1) is 11.2. The molecule has 0 N–H and O–H groups in total. The normalized spacial score (nSPS) is 10.3. The van der Waals surface area contributed by atoms with Crippen molar-refractivity contribution < 1.29 is 0 Å². The Bertz CT molecular complexity index is 769. The summed E-state index contributed by atoms with van der Waals surface area (Å²) in [5.74, 6) is 0.801. The third-order valence-corrected chi connectivity index (χ3v) is 2.98. The minimum absolute atomic E-state index is 0.629. The van der Waals surface area contributed by atoms with E-state index in [1.165, 1.54) is 0 Å². The zero-order valence-corrected chi connectivity index (χ0v) is 10.4. The van der Waals surface area contributed by atoms with Crippen LogP contribution in [-0.4, -0.2) is 21.6 Å². The molecule has 0 amide bonds. The van der Waals surface area contributed by atoms with Gasteiger partial charge in [0.15, 0.2) is 5.82 Å². The van der Waals surface area contributed by atoms with Gasteiger partial charge in [0, 0.05) is 25.1 Å². The molecule has 0 fully saturated rings. The van der Waals surface area contributed by atoms with E-state index in [2.05, 4.69) is 16.2 Å². The van der Waals surface area contributed by atoms with Crippen LogP contribution in [0.15, 0.2) is 48.9 Å². The number of hydrogen-bond acceptors (Lipinski definition) is 4. The van der Waals surface area contributed by atoms with Crippen LogP contribution in [0, 0.1) is 11.3 Å². The van der Waals surface area contributed by atoms with Gasteiger partial charge < -0.3 is 4.90 Å². The highest BCUT2D eigenvalue weighted by Crippen LogP contribution is 2.25. The highest BCUT2D eigenvalue weighted by molar-refractivity contribution is 5.74. The van der Waals surface area contributed by atoms with E-state index in [0.29, 0.717) is 5.56 Å². The number of aromatic nitrogens is 3. The highest BCUT2D eigenvalue weighted by Gasteiger charge is 2.10. The van der Waals surface area contributed by atoms with E-state index >= 15 is 0 Å². The monoisotopic (exact) mass is 249 g/mol. The summed E-state index contributed by atoms with van der Waals surface area (Å²) in [7, 11) is 1.92. The van der Waals surface area contributed by atoms with E-state index < -0.39 is 0 Å². The second-order valence-electron chi connectivity index (χ2n) is 4.13. The Kier molecular flexibility index (Phi) is 2.62. The van der Waals surface area contributed by atoms with Gasteiger partial charge in [-0.1, -0.05) is 6.07 Å². The molecular formula is C14H11N5. The number of benzene rings is 1. The van der Waals surface area contributed by atoms with Crippen molar-refractivity contribution in [2.24, 2.45) is 0 Å². The first-order valence-electron chi connectivity index (χ1n) is 5.82. The molecule has 0 aliphatic heterocycles. The van der Waals surface area contributed by atoms with Gasteiger partial charge >= 0.3 is 0 Å². The summed E-state index contributed by atoms with van der Waals surface area (Å²) in [5, 5.41) is 13.1. The lowest BCUT2D eigenvalue weighted by Gasteiger charge is -2.19. The maximum atomic E-state index is 8.95. The second kappa shape index (κ2) is 4.42. The number of nitriles is 1. The molecule has 0 atom stereocenters. The van der Waals surface area contributed by atoms with Gasteiger partial charge in [-0.15, -0.1) is 0 Å². The Hall–Kier alpha value is -2.87. The van der Waals surface area contributed by atoms with Crippen LogP contribution < -0.4 is 4.90 Å². The number of anilines is 2. The SMILES string of the molecule is CN(c1cccc(C#N)c1)c1nccn2nccc12. The summed E-state index contributed by atoms with van der Waals surface area (Å²) in [6.07, 6.45) is 5.25. The predicted octanol–water partition coefficient (Wildman–Crippen LogP) is 2.37. The zero-order chi connectivity index (χ0) is 13.2. The first-order chi connectivity index (χ1) is 9.29. The molecule has 2 heterocycles. The van der Waals surface area contributed by atoms with Crippen LogP contribution in [0.1, 0.15) is 5.56 Å². The van der Waals surface area contributed by atoms with Crippen molar-refractivity contribution in [3.8, 4) is 6.07 Å².